The van der Waals surface area contributed by atoms with E-state index in [-0.39, 0.29) is 24.3 Å². The SMILES string of the molecule is Cl.O=C(Nc1cccc(CNC(=O)C2(n3cccn3)CCNCC2)c1)N1CCCC1. The van der Waals surface area contributed by atoms with Gasteiger partial charge in [-0.15, -0.1) is 12.4 Å². The number of hydrogen-bond donors (Lipinski definition) is 3. The summed E-state index contributed by atoms with van der Waals surface area (Å²) in [5.41, 5.74) is 1.04. The Morgan fingerprint density at radius 3 is 2.60 bits per heavy atom. The topological polar surface area (TPSA) is 91.3 Å². The summed E-state index contributed by atoms with van der Waals surface area (Å²) in [6, 6.07) is 9.43. The molecule has 2 aliphatic rings. The lowest BCUT2D eigenvalue weighted by atomic mass is 9.87. The molecular weight excluding hydrogens is 404 g/mol. The minimum atomic E-state index is -0.656. The Balaban J connectivity index is 0.00000256. The molecule has 0 spiro atoms. The number of rotatable bonds is 5. The van der Waals surface area contributed by atoms with Crippen LogP contribution in [0.15, 0.2) is 42.7 Å². The Morgan fingerprint density at radius 2 is 1.90 bits per heavy atom. The maximum Gasteiger partial charge on any atom is 0.321 e. The largest absolute Gasteiger partial charge is 0.350 e. The Hall–Kier alpha value is -2.58. The fourth-order valence-electron chi connectivity index (χ4n) is 4.15. The van der Waals surface area contributed by atoms with Crippen LogP contribution in [0.5, 0.6) is 0 Å². The number of aromatic nitrogens is 2. The molecule has 162 valence electrons. The number of nitrogens with zero attached hydrogens (tertiary/aromatic N) is 3. The van der Waals surface area contributed by atoms with E-state index in [0.717, 1.165) is 50.3 Å². The monoisotopic (exact) mass is 432 g/mol. The summed E-state index contributed by atoms with van der Waals surface area (Å²) >= 11 is 0. The van der Waals surface area contributed by atoms with Gasteiger partial charge in [0.25, 0.3) is 0 Å². The maximum absolute atomic E-state index is 13.2. The van der Waals surface area contributed by atoms with Gasteiger partial charge in [0.05, 0.1) is 0 Å². The van der Waals surface area contributed by atoms with Crippen LogP contribution in [0.3, 0.4) is 0 Å². The third-order valence-electron chi connectivity index (χ3n) is 5.82. The number of carbonyl (C=O) groups is 2. The third kappa shape index (κ3) is 4.76. The van der Waals surface area contributed by atoms with Crippen molar-refractivity contribution >= 4 is 30.0 Å². The number of anilines is 1. The molecule has 30 heavy (non-hydrogen) atoms. The van der Waals surface area contributed by atoms with E-state index in [9.17, 15) is 9.59 Å². The molecule has 2 saturated heterocycles. The molecule has 3 heterocycles. The smallest absolute Gasteiger partial charge is 0.321 e. The second-order valence-corrected chi connectivity index (χ2v) is 7.74. The van der Waals surface area contributed by atoms with Gasteiger partial charge in [-0.25, -0.2) is 4.79 Å². The summed E-state index contributed by atoms with van der Waals surface area (Å²) in [6.45, 7) is 3.59. The minimum absolute atomic E-state index is 0. The second kappa shape index (κ2) is 9.95. The lowest BCUT2D eigenvalue weighted by Crippen LogP contribution is -2.54. The van der Waals surface area contributed by atoms with E-state index >= 15 is 0 Å². The molecule has 0 bridgehead atoms. The molecule has 2 aliphatic heterocycles. The van der Waals surface area contributed by atoms with Crippen molar-refractivity contribution in [2.24, 2.45) is 0 Å². The number of urea groups is 1. The van der Waals surface area contributed by atoms with Crippen molar-refractivity contribution in [1.29, 1.82) is 0 Å². The Kier molecular flexibility index (Phi) is 7.33. The zero-order chi connectivity index (χ0) is 20.1. The maximum atomic E-state index is 13.2. The van der Waals surface area contributed by atoms with Crippen LogP contribution in [0.1, 0.15) is 31.2 Å². The van der Waals surface area contributed by atoms with Crippen LogP contribution in [-0.2, 0) is 16.9 Å². The molecule has 0 radical (unpaired) electrons. The fraction of sp³-hybridized carbons (Fsp3) is 0.476. The van der Waals surface area contributed by atoms with E-state index in [0.29, 0.717) is 19.4 Å². The highest BCUT2D eigenvalue weighted by Gasteiger charge is 2.41. The van der Waals surface area contributed by atoms with Gasteiger partial charge in [0.1, 0.15) is 5.54 Å². The molecule has 8 nitrogen and oxygen atoms in total. The van der Waals surface area contributed by atoms with E-state index in [1.54, 1.807) is 10.9 Å². The van der Waals surface area contributed by atoms with Gasteiger partial charge < -0.3 is 20.9 Å². The first-order valence-corrected chi connectivity index (χ1v) is 10.3. The minimum Gasteiger partial charge on any atom is -0.350 e. The van der Waals surface area contributed by atoms with Gasteiger partial charge >= 0.3 is 6.03 Å². The first-order valence-electron chi connectivity index (χ1n) is 10.3. The zero-order valence-electron chi connectivity index (χ0n) is 17.0. The average Bonchev–Trinajstić information content (AvgIpc) is 3.47. The molecule has 0 saturated carbocycles. The van der Waals surface area contributed by atoms with Crippen LogP contribution < -0.4 is 16.0 Å². The van der Waals surface area contributed by atoms with E-state index in [4.69, 9.17) is 0 Å². The van der Waals surface area contributed by atoms with Crippen molar-refractivity contribution in [2.75, 3.05) is 31.5 Å². The Labute approximate surface area is 182 Å². The van der Waals surface area contributed by atoms with Crippen molar-refractivity contribution in [1.82, 2.24) is 25.3 Å². The summed E-state index contributed by atoms with van der Waals surface area (Å²) in [4.78, 5) is 27.3. The van der Waals surface area contributed by atoms with Gasteiger partial charge in [-0.2, -0.15) is 5.10 Å². The molecule has 0 aliphatic carbocycles. The molecule has 1 aromatic heterocycles. The van der Waals surface area contributed by atoms with Crippen LogP contribution in [0.4, 0.5) is 10.5 Å². The fourth-order valence-corrected chi connectivity index (χ4v) is 4.15. The molecule has 4 rings (SSSR count). The third-order valence-corrected chi connectivity index (χ3v) is 5.82. The standard InChI is InChI=1S/C21H28N6O2.ClH/c28-19(21(7-10-22-11-8-21)27-14-4-9-24-27)23-16-17-5-3-6-18(15-17)25-20(29)26-12-1-2-13-26;/h3-6,9,14-15,22H,1-2,7-8,10-13,16H2,(H,23,28)(H,25,29);1H. The second-order valence-electron chi connectivity index (χ2n) is 7.74. The number of amides is 3. The summed E-state index contributed by atoms with van der Waals surface area (Å²) < 4.78 is 1.79. The molecule has 0 unspecified atom stereocenters. The molecule has 9 heteroatoms. The molecule has 2 aromatic rings. The highest BCUT2D eigenvalue weighted by Crippen LogP contribution is 2.27. The van der Waals surface area contributed by atoms with Gasteiger partial charge in [0, 0.05) is 37.7 Å². The molecule has 3 amide bonds. The number of hydrogen-bond acceptors (Lipinski definition) is 4. The van der Waals surface area contributed by atoms with Gasteiger partial charge in [-0.1, -0.05) is 12.1 Å². The van der Waals surface area contributed by atoms with E-state index in [1.807, 2.05) is 41.4 Å². The highest BCUT2D eigenvalue weighted by atomic mass is 35.5. The molecule has 0 atom stereocenters. The summed E-state index contributed by atoms with van der Waals surface area (Å²) in [5.74, 6) is -0.0193. The summed E-state index contributed by atoms with van der Waals surface area (Å²) in [7, 11) is 0. The summed E-state index contributed by atoms with van der Waals surface area (Å²) in [6.07, 6.45) is 7.10. The van der Waals surface area contributed by atoms with Crippen molar-refractivity contribution in [3.05, 3.63) is 48.3 Å². The van der Waals surface area contributed by atoms with Crippen LogP contribution in [0.25, 0.3) is 0 Å². The van der Waals surface area contributed by atoms with Crippen LogP contribution in [0, 0.1) is 0 Å². The van der Waals surface area contributed by atoms with Gasteiger partial charge in [-0.05, 0) is 62.5 Å². The van der Waals surface area contributed by atoms with Gasteiger partial charge in [0.2, 0.25) is 5.91 Å². The normalized spacial score (nSPS) is 17.8. The first-order chi connectivity index (χ1) is 14.2. The molecule has 3 N–H and O–H groups in total. The lowest BCUT2D eigenvalue weighted by Gasteiger charge is -2.36. The number of nitrogens with one attached hydrogen (secondary N) is 3. The lowest BCUT2D eigenvalue weighted by molar-refractivity contribution is -0.132. The van der Waals surface area contributed by atoms with E-state index < -0.39 is 5.54 Å². The average molecular weight is 433 g/mol. The predicted molar refractivity (Wildman–Crippen MR) is 118 cm³/mol. The van der Waals surface area contributed by atoms with Crippen molar-refractivity contribution in [2.45, 2.75) is 37.8 Å². The zero-order valence-corrected chi connectivity index (χ0v) is 17.8. The number of halogens is 1. The molecular formula is C21H29ClN6O2. The quantitative estimate of drug-likeness (QED) is 0.676. The molecule has 1 aromatic carbocycles. The Morgan fingerprint density at radius 1 is 1.13 bits per heavy atom. The van der Waals surface area contributed by atoms with Crippen molar-refractivity contribution in [3.8, 4) is 0 Å². The van der Waals surface area contributed by atoms with Gasteiger partial charge in [0.15, 0.2) is 0 Å². The van der Waals surface area contributed by atoms with Crippen LogP contribution >= 0.6 is 12.4 Å². The van der Waals surface area contributed by atoms with E-state index in [2.05, 4.69) is 21.0 Å². The summed E-state index contributed by atoms with van der Waals surface area (Å²) in [5, 5.41) is 13.7. The number of likely N-dealkylation sites (tertiary alicyclic amines) is 1. The van der Waals surface area contributed by atoms with Crippen LogP contribution in [0.2, 0.25) is 0 Å². The Bertz CT molecular complexity index is 845. The van der Waals surface area contributed by atoms with E-state index in [1.165, 1.54) is 0 Å². The van der Waals surface area contributed by atoms with Crippen molar-refractivity contribution < 1.29 is 9.59 Å². The van der Waals surface area contributed by atoms with Crippen molar-refractivity contribution in [3.63, 3.8) is 0 Å². The van der Waals surface area contributed by atoms with Gasteiger partial charge in [-0.3, -0.25) is 9.48 Å². The number of benzene rings is 1. The predicted octanol–water partition coefficient (Wildman–Crippen LogP) is 2.33. The number of piperidine rings is 1. The molecule has 2 fully saturated rings. The van der Waals surface area contributed by atoms with Crippen LogP contribution in [-0.4, -0.2) is 52.8 Å². The highest BCUT2D eigenvalue weighted by molar-refractivity contribution is 5.89. The first kappa shape index (κ1) is 22.1. The number of carbonyl (C=O) groups excluding carboxylic acids is 2.